The van der Waals surface area contributed by atoms with Crippen LogP contribution in [0, 0.1) is 5.92 Å². The molecule has 9 rings (SSSR count). The molecule has 0 saturated carbocycles. The molecule has 7 aromatic carbocycles. The third-order valence-corrected chi connectivity index (χ3v) is 12.7. The van der Waals surface area contributed by atoms with Gasteiger partial charge >= 0.3 is 0 Å². The molecule has 0 fully saturated rings. The molecule has 1 atom stereocenters. The molecule has 2 aliphatic carbocycles. The highest BCUT2D eigenvalue weighted by atomic mass is 15.1. The minimum absolute atomic E-state index is 0.103. The Morgan fingerprint density at radius 1 is 0.407 bits per heavy atom. The van der Waals surface area contributed by atoms with Crippen molar-refractivity contribution >= 4 is 17.1 Å². The first-order chi connectivity index (χ1) is 26.2. The molecule has 1 heteroatoms. The average molecular weight is 700 g/mol. The van der Waals surface area contributed by atoms with E-state index in [4.69, 9.17) is 0 Å². The van der Waals surface area contributed by atoms with Crippen molar-refractivity contribution in [1.82, 2.24) is 0 Å². The maximum atomic E-state index is 2.56. The fourth-order valence-corrected chi connectivity index (χ4v) is 9.52. The molecule has 0 aromatic heterocycles. The molecule has 1 unspecified atom stereocenters. The molecule has 2 aliphatic rings. The number of fused-ring (bicyclic) bond motifs is 6. The molecule has 0 bridgehead atoms. The number of hydrogen-bond acceptors (Lipinski definition) is 1. The van der Waals surface area contributed by atoms with Gasteiger partial charge in [0.15, 0.2) is 0 Å². The van der Waals surface area contributed by atoms with Gasteiger partial charge in [0.05, 0.1) is 0 Å². The summed E-state index contributed by atoms with van der Waals surface area (Å²) in [7, 11) is 0. The number of benzene rings is 7. The smallest absolute Gasteiger partial charge is 0.0465 e. The Kier molecular flexibility index (Phi) is 8.42. The van der Waals surface area contributed by atoms with Crippen LogP contribution in [-0.4, -0.2) is 0 Å². The molecule has 266 valence electrons. The molecule has 0 radical (unpaired) electrons. The van der Waals surface area contributed by atoms with E-state index in [0.29, 0.717) is 11.8 Å². The highest BCUT2D eigenvalue weighted by Crippen LogP contribution is 2.57. The fraction of sp³-hybridized carbons (Fsp3) is 0.208. The van der Waals surface area contributed by atoms with E-state index in [0.717, 1.165) is 24.2 Å². The highest BCUT2D eigenvalue weighted by molar-refractivity contribution is 5.91. The Balaban J connectivity index is 1.08. The summed E-state index contributed by atoms with van der Waals surface area (Å²) in [4.78, 5) is 2.38. The summed E-state index contributed by atoms with van der Waals surface area (Å²) < 4.78 is 0. The number of hydrogen-bond donors (Lipinski definition) is 0. The van der Waals surface area contributed by atoms with Crippen molar-refractivity contribution in [2.24, 2.45) is 5.92 Å². The zero-order valence-corrected chi connectivity index (χ0v) is 32.2. The second-order valence-corrected chi connectivity index (χ2v) is 16.7. The van der Waals surface area contributed by atoms with E-state index in [9.17, 15) is 0 Å². The van der Waals surface area contributed by atoms with Crippen molar-refractivity contribution in [1.29, 1.82) is 0 Å². The summed E-state index contributed by atoms with van der Waals surface area (Å²) in [5.41, 5.74) is 18.8. The highest BCUT2D eigenvalue weighted by Gasteiger charge is 2.42. The molecule has 0 aliphatic heterocycles. The topological polar surface area (TPSA) is 3.24 Å². The zero-order chi connectivity index (χ0) is 37.0. The van der Waals surface area contributed by atoms with Crippen molar-refractivity contribution < 1.29 is 0 Å². The van der Waals surface area contributed by atoms with Gasteiger partial charge in [0.25, 0.3) is 0 Å². The van der Waals surface area contributed by atoms with Gasteiger partial charge in [-0.25, -0.2) is 0 Å². The minimum Gasteiger partial charge on any atom is -0.310 e. The van der Waals surface area contributed by atoms with Crippen LogP contribution in [0.1, 0.15) is 79.5 Å². The van der Waals surface area contributed by atoms with Crippen LogP contribution in [0.25, 0.3) is 22.3 Å². The van der Waals surface area contributed by atoms with Crippen LogP contribution in [0.15, 0.2) is 170 Å². The molecule has 1 nitrogen and oxygen atoms in total. The monoisotopic (exact) mass is 699 g/mol. The number of para-hydroxylation sites is 2. The van der Waals surface area contributed by atoms with Gasteiger partial charge < -0.3 is 4.90 Å². The molecular formula is C53H49N. The zero-order valence-electron chi connectivity index (χ0n) is 32.2. The van der Waals surface area contributed by atoms with Crippen LogP contribution in [0.3, 0.4) is 0 Å². The van der Waals surface area contributed by atoms with Gasteiger partial charge in [-0.3, -0.25) is 0 Å². The van der Waals surface area contributed by atoms with Gasteiger partial charge in [-0.15, -0.1) is 0 Å². The summed E-state index contributed by atoms with van der Waals surface area (Å²) >= 11 is 0. The normalized spacial score (nSPS) is 14.9. The van der Waals surface area contributed by atoms with E-state index in [1.807, 2.05) is 0 Å². The Hall–Kier alpha value is -5.66. The van der Waals surface area contributed by atoms with Gasteiger partial charge in [0.1, 0.15) is 0 Å². The quantitative estimate of drug-likeness (QED) is 0.145. The first kappa shape index (κ1) is 34.1. The molecule has 0 heterocycles. The fourth-order valence-electron chi connectivity index (χ4n) is 9.52. The predicted molar refractivity (Wildman–Crippen MR) is 228 cm³/mol. The van der Waals surface area contributed by atoms with E-state index in [1.54, 1.807) is 0 Å². The largest absolute Gasteiger partial charge is 0.310 e. The Bertz CT molecular complexity index is 2360. The first-order valence-corrected chi connectivity index (χ1v) is 19.7. The van der Waals surface area contributed by atoms with Gasteiger partial charge in [-0.05, 0) is 134 Å². The van der Waals surface area contributed by atoms with Crippen LogP contribution in [0.4, 0.5) is 17.1 Å². The maximum Gasteiger partial charge on any atom is 0.0465 e. The lowest BCUT2D eigenvalue weighted by Gasteiger charge is -2.28. The third-order valence-electron chi connectivity index (χ3n) is 12.7. The predicted octanol–water partition coefficient (Wildman–Crippen LogP) is 14.0. The van der Waals surface area contributed by atoms with Crippen LogP contribution in [-0.2, 0) is 23.7 Å². The van der Waals surface area contributed by atoms with E-state index in [-0.39, 0.29) is 10.8 Å². The molecule has 0 N–H and O–H groups in total. The number of nitrogens with zero attached hydrogens (tertiary/aromatic N) is 1. The van der Waals surface area contributed by atoms with Gasteiger partial charge in [0, 0.05) is 27.9 Å². The SMILES string of the molecule is CC(c1ccc2c(c1)C(C)(C)c1cc3c(cc1-2)C(C)(C)c1cc(N(c2ccccc2)c2ccccc2)ccc1-3)C(Cc1ccccc1)Cc1ccccc1. The molecule has 0 spiro atoms. The summed E-state index contributed by atoms with van der Waals surface area (Å²) in [5, 5.41) is 0. The molecule has 0 amide bonds. The summed E-state index contributed by atoms with van der Waals surface area (Å²) in [6, 6.07) is 63.2. The van der Waals surface area contributed by atoms with Crippen LogP contribution in [0.2, 0.25) is 0 Å². The van der Waals surface area contributed by atoms with E-state index < -0.39 is 0 Å². The summed E-state index contributed by atoms with van der Waals surface area (Å²) in [6.07, 6.45) is 2.13. The Morgan fingerprint density at radius 2 is 0.815 bits per heavy atom. The van der Waals surface area contributed by atoms with E-state index in [2.05, 4.69) is 209 Å². The third kappa shape index (κ3) is 5.78. The number of rotatable bonds is 9. The van der Waals surface area contributed by atoms with Gasteiger partial charge in [0.2, 0.25) is 0 Å². The van der Waals surface area contributed by atoms with Gasteiger partial charge in [-0.2, -0.15) is 0 Å². The van der Waals surface area contributed by atoms with Crippen LogP contribution in [0.5, 0.6) is 0 Å². The Morgan fingerprint density at radius 3 is 1.30 bits per heavy atom. The Labute approximate surface area is 322 Å². The van der Waals surface area contributed by atoms with Crippen LogP contribution < -0.4 is 4.90 Å². The van der Waals surface area contributed by atoms with Crippen molar-refractivity contribution in [3.05, 3.63) is 209 Å². The molecule has 7 aromatic rings. The molecule has 54 heavy (non-hydrogen) atoms. The average Bonchev–Trinajstić information content (AvgIpc) is 3.56. The summed E-state index contributed by atoms with van der Waals surface area (Å²) in [6.45, 7) is 12.1. The lowest BCUT2D eigenvalue weighted by Crippen LogP contribution is -2.19. The van der Waals surface area contributed by atoms with Crippen LogP contribution >= 0.6 is 0 Å². The second-order valence-electron chi connectivity index (χ2n) is 16.7. The maximum absolute atomic E-state index is 2.56. The lowest BCUT2D eigenvalue weighted by atomic mass is 9.76. The van der Waals surface area contributed by atoms with Crippen molar-refractivity contribution in [2.45, 2.75) is 64.2 Å². The van der Waals surface area contributed by atoms with Gasteiger partial charge in [-0.1, -0.05) is 156 Å². The first-order valence-electron chi connectivity index (χ1n) is 19.7. The standard InChI is InChI=1S/C53H49N/c1-36(40(30-37-18-10-6-11-19-37)31-38-20-12-7-13-21-38)39-26-28-44-46-34-51-47(35-50(46)52(2,3)48(44)32-39)45-29-27-43(33-49(45)53(51,4)5)54(41-22-14-8-15-23-41)42-24-16-9-17-25-42/h6-29,32-36,40H,30-31H2,1-5H3. The number of anilines is 3. The molecular weight excluding hydrogens is 651 g/mol. The lowest BCUT2D eigenvalue weighted by molar-refractivity contribution is 0.440. The van der Waals surface area contributed by atoms with E-state index in [1.165, 1.54) is 66.9 Å². The molecule has 0 saturated heterocycles. The second kappa shape index (κ2) is 13.3. The van der Waals surface area contributed by atoms with Crippen molar-refractivity contribution in [3.8, 4) is 22.3 Å². The minimum atomic E-state index is -0.141. The van der Waals surface area contributed by atoms with Crippen molar-refractivity contribution in [2.75, 3.05) is 4.90 Å². The van der Waals surface area contributed by atoms with Crippen molar-refractivity contribution in [3.63, 3.8) is 0 Å². The summed E-state index contributed by atoms with van der Waals surface area (Å²) in [5.74, 6) is 0.900. The van der Waals surface area contributed by atoms with E-state index >= 15 is 0 Å².